The highest BCUT2D eigenvalue weighted by Crippen LogP contribution is 2.28. The molecule has 1 amide bonds. The lowest BCUT2D eigenvalue weighted by Gasteiger charge is -2.38. The van der Waals surface area contributed by atoms with Gasteiger partial charge in [-0.25, -0.2) is 4.68 Å². The Labute approximate surface area is 152 Å². The number of carbonyl (C=O) groups is 2. The van der Waals surface area contributed by atoms with E-state index in [0.29, 0.717) is 13.2 Å². The second kappa shape index (κ2) is 7.37. The van der Waals surface area contributed by atoms with Gasteiger partial charge in [0.05, 0.1) is 25.4 Å². The molecule has 7 heteroatoms. The molecule has 0 aliphatic carbocycles. The molecule has 0 N–H and O–H groups in total. The Kier molecular flexibility index (Phi) is 5.18. The first-order valence-corrected chi connectivity index (χ1v) is 8.74. The quantitative estimate of drug-likeness (QED) is 0.784. The number of ketones is 1. The van der Waals surface area contributed by atoms with E-state index in [1.165, 1.54) is 23.4 Å². The van der Waals surface area contributed by atoms with Crippen molar-refractivity contribution in [1.82, 2.24) is 19.9 Å². The topological polar surface area (TPSA) is 77.3 Å². The van der Waals surface area contributed by atoms with E-state index in [-0.39, 0.29) is 36.1 Å². The van der Waals surface area contributed by atoms with E-state index in [1.807, 2.05) is 11.8 Å². The molecule has 138 valence electrons. The Morgan fingerprint density at radius 1 is 1.31 bits per heavy atom. The molecule has 1 saturated heterocycles. The molecular formula is C19H24N4O3. The normalized spacial score (nSPS) is 20.2. The number of aromatic nitrogens is 3. The number of nitrogens with zero attached hydrogens (tertiary/aromatic N) is 4. The molecule has 2 heterocycles. The number of carbonyl (C=O) groups excluding carboxylic acids is 2. The smallest absolute Gasteiger partial charge is 0.244 e. The minimum atomic E-state index is -0.168. The van der Waals surface area contributed by atoms with Gasteiger partial charge in [0.15, 0.2) is 5.78 Å². The summed E-state index contributed by atoms with van der Waals surface area (Å²) in [4.78, 5) is 25.9. The van der Waals surface area contributed by atoms with Crippen molar-refractivity contribution in [3.8, 4) is 0 Å². The van der Waals surface area contributed by atoms with Gasteiger partial charge in [-0.05, 0) is 31.9 Å². The lowest BCUT2D eigenvalue weighted by Crippen LogP contribution is -2.49. The number of aryl methyl sites for hydroxylation is 2. The summed E-state index contributed by atoms with van der Waals surface area (Å²) in [5, 5.41) is 7.65. The molecule has 0 saturated carbocycles. The lowest BCUT2D eigenvalue weighted by molar-refractivity contribution is -0.145. The summed E-state index contributed by atoms with van der Waals surface area (Å²) in [6, 6.07) is 6.26. The van der Waals surface area contributed by atoms with E-state index in [4.69, 9.17) is 4.74 Å². The fraction of sp³-hybridized carbons (Fsp3) is 0.474. The van der Waals surface area contributed by atoms with Gasteiger partial charge in [0.25, 0.3) is 0 Å². The first-order valence-electron chi connectivity index (χ1n) is 8.74. The van der Waals surface area contributed by atoms with Gasteiger partial charge < -0.3 is 9.64 Å². The average Bonchev–Trinajstić information content (AvgIpc) is 3.06. The fourth-order valence-electron chi connectivity index (χ4n) is 3.17. The van der Waals surface area contributed by atoms with E-state index >= 15 is 0 Å². The van der Waals surface area contributed by atoms with Crippen molar-refractivity contribution in [2.24, 2.45) is 0 Å². The van der Waals surface area contributed by atoms with Gasteiger partial charge in [-0.2, -0.15) is 0 Å². The number of hydrogen-bond acceptors (Lipinski definition) is 5. The van der Waals surface area contributed by atoms with Gasteiger partial charge in [0.1, 0.15) is 18.3 Å². The number of rotatable bonds is 4. The van der Waals surface area contributed by atoms with Crippen LogP contribution >= 0.6 is 0 Å². The van der Waals surface area contributed by atoms with Crippen LogP contribution in [0.2, 0.25) is 0 Å². The fourth-order valence-corrected chi connectivity index (χ4v) is 3.17. The van der Waals surface area contributed by atoms with Crippen LogP contribution in [0.4, 0.5) is 0 Å². The first kappa shape index (κ1) is 18.3. The average molecular weight is 356 g/mol. The van der Waals surface area contributed by atoms with Crippen LogP contribution < -0.4 is 0 Å². The SMILES string of the molecule is CC(=O)c1cn(CC(=O)N2CC(c3cc(C)ccc3C)OCC2C)nn1. The van der Waals surface area contributed by atoms with Gasteiger partial charge in [-0.15, -0.1) is 5.10 Å². The molecule has 1 aliphatic rings. The number of Topliss-reactive ketones (excluding diaryl/α,β-unsaturated/α-hetero) is 1. The Bertz CT molecular complexity index is 830. The van der Waals surface area contributed by atoms with Crippen molar-refractivity contribution in [3.05, 3.63) is 46.8 Å². The number of hydrogen-bond donors (Lipinski definition) is 0. The Balaban J connectivity index is 1.74. The maximum absolute atomic E-state index is 12.8. The molecule has 2 atom stereocenters. The summed E-state index contributed by atoms with van der Waals surface area (Å²) in [7, 11) is 0. The van der Waals surface area contributed by atoms with Crippen LogP contribution in [0.15, 0.2) is 24.4 Å². The number of morpholine rings is 1. The highest BCUT2D eigenvalue weighted by atomic mass is 16.5. The number of amides is 1. The highest BCUT2D eigenvalue weighted by Gasteiger charge is 2.31. The molecule has 7 nitrogen and oxygen atoms in total. The summed E-state index contributed by atoms with van der Waals surface area (Å²) in [5.74, 6) is -0.227. The molecule has 1 aliphatic heterocycles. The van der Waals surface area contributed by atoms with Crippen LogP contribution in [-0.2, 0) is 16.1 Å². The predicted octanol–water partition coefficient (Wildman–Crippen LogP) is 2.09. The third-order valence-electron chi connectivity index (χ3n) is 4.73. The summed E-state index contributed by atoms with van der Waals surface area (Å²) in [5.41, 5.74) is 3.71. The summed E-state index contributed by atoms with van der Waals surface area (Å²) >= 11 is 0. The van der Waals surface area contributed by atoms with E-state index in [9.17, 15) is 9.59 Å². The third-order valence-corrected chi connectivity index (χ3v) is 4.73. The van der Waals surface area contributed by atoms with Crippen LogP contribution in [-0.4, -0.2) is 50.8 Å². The number of benzene rings is 1. The predicted molar refractivity (Wildman–Crippen MR) is 95.8 cm³/mol. The molecule has 1 aromatic heterocycles. The van der Waals surface area contributed by atoms with Gasteiger partial charge in [-0.3, -0.25) is 9.59 Å². The second-order valence-electron chi connectivity index (χ2n) is 6.93. The Morgan fingerprint density at radius 2 is 2.08 bits per heavy atom. The first-order chi connectivity index (χ1) is 12.3. The van der Waals surface area contributed by atoms with Crippen LogP contribution in [0.25, 0.3) is 0 Å². The lowest BCUT2D eigenvalue weighted by atomic mass is 9.99. The molecular weight excluding hydrogens is 332 g/mol. The zero-order valence-electron chi connectivity index (χ0n) is 15.6. The van der Waals surface area contributed by atoms with Crippen LogP contribution in [0, 0.1) is 13.8 Å². The Hall–Kier alpha value is -2.54. The Morgan fingerprint density at radius 3 is 2.77 bits per heavy atom. The molecule has 3 rings (SSSR count). The maximum atomic E-state index is 12.8. The van der Waals surface area contributed by atoms with Crippen molar-refractivity contribution < 1.29 is 14.3 Å². The van der Waals surface area contributed by atoms with Gasteiger partial charge in [0, 0.05) is 6.92 Å². The molecule has 1 fully saturated rings. The minimum Gasteiger partial charge on any atom is -0.370 e. The second-order valence-corrected chi connectivity index (χ2v) is 6.93. The van der Waals surface area contributed by atoms with Crippen LogP contribution in [0.5, 0.6) is 0 Å². The molecule has 0 radical (unpaired) electrons. The van der Waals surface area contributed by atoms with Crippen molar-refractivity contribution in [3.63, 3.8) is 0 Å². The largest absolute Gasteiger partial charge is 0.370 e. The van der Waals surface area contributed by atoms with Crippen LogP contribution in [0.3, 0.4) is 0 Å². The standard InChI is InChI=1S/C19H24N4O3/c1-12-5-6-13(2)16(7-12)18-9-23(14(3)11-26-18)19(25)10-22-8-17(15(4)24)20-21-22/h5-8,14,18H,9-11H2,1-4H3. The maximum Gasteiger partial charge on any atom is 0.244 e. The molecule has 0 spiro atoms. The molecule has 26 heavy (non-hydrogen) atoms. The van der Waals surface area contributed by atoms with Crippen molar-refractivity contribution in [1.29, 1.82) is 0 Å². The molecule has 2 aromatic rings. The zero-order valence-corrected chi connectivity index (χ0v) is 15.6. The van der Waals surface area contributed by atoms with E-state index in [1.54, 1.807) is 0 Å². The summed E-state index contributed by atoms with van der Waals surface area (Å²) in [6.45, 7) is 8.55. The molecule has 2 unspecified atom stereocenters. The number of ether oxygens (including phenoxy) is 1. The summed E-state index contributed by atoms with van der Waals surface area (Å²) in [6.07, 6.45) is 1.37. The molecule has 0 bridgehead atoms. The van der Waals surface area contributed by atoms with Crippen molar-refractivity contribution in [2.75, 3.05) is 13.2 Å². The highest BCUT2D eigenvalue weighted by molar-refractivity contribution is 5.91. The van der Waals surface area contributed by atoms with Gasteiger partial charge in [-0.1, -0.05) is 29.0 Å². The van der Waals surface area contributed by atoms with E-state index in [0.717, 1.165) is 11.1 Å². The minimum absolute atomic E-state index is 0.0142. The van der Waals surface area contributed by atoms with E-state index in [2.05, 4.69) is 42.4 Å². The monoisotopic (exact) mass is 356 g/mol. The van der Waals surface area contributed by atoms with Crippen molar-refractivity contribution in [2.45, 2.75) is 46.4 Å². The third kappa shape index (κ3) is 3.83. The van der Waals surface area contributed by atoms with E-state index < -0.39 is 0 Å². The van der Waals surface area contributed by atoms with Gasteiger partial charge in [0.2, 0.25) is 5.91 Å². The zero-order chi connectivity index (χ0) is 18.8. The van der Waals surface area contributed by atoms with Crippen molar-refractivity contribution >= 4 is 11.7 Å². The summed E-state index contributed by atoms with van der Waals surface area (Å²) < 4.78 is 7.42. The molecule has 1 aromatic carbocycles. The van der Waals surface area contributed by atoms with Crippen LogP contribution in [0.1, 0.15) is 47.1 Å². The van der Waals surface area contributed by atoms with Gasteiger partial charge >= 0.3 is 0 Å².